The number of nitrogens with zero attached hydrogens (tertiary/aromatic N) is 2. The number of urea groups is 1. The van der Waals surface area contributed by atoms with E-state index < -0.39 is 0 Å². The Labute approximate surface area is 140 Å². The maximum absolute atomic E-state index is 12.1. The van der Waals surface area contributed by atoms with Gasteiger partial charge in [0.15, 0.2) is 0 Å². The van der Waals surface area contributed by atoms with Gasteiger partial charge in [-0.15, -0.1) is 0 Å². The molecule has 1 aromatic heterocycles. The lowest BCUT2D eigenvalue weighted by molar-refractivity contribution is 0.262. The number of ether oxygens (including phenoxy) is 1. The second-order valence-electron chi connectivity index (χ2n) is 5.03. The Hall–Kier alpha value is -2.34. The van der Waals surface area contributed by atoms with Crippen LogP contribution in [-0.2, 0) is 0 Å². The van der Waals surface area contributed by atoms with Crippen LogP contribution in [0.15, 0.2) is 18.2 Å². The van der Waals surface area contributed by atoms with Gasteiger partial charge in [-0.05, 0) is 45.4 Å². The zero-order chi connectivity index (χ0) is 17.0. The number of hydrogen-bond acceptors (Lipinski definition) is 4. The van der Waals surface area contributed by atoms with E-state index in [-0.39, 0.29) is 6.03 Å². The summed E-state index contributed by atoms with van der Waals surface area (Å²) in [5.74, 6) is 0. The smallest absolute Gasteiger partial charge is 0.323 e. The summed E-state index contributed by atoms with van der Waals surface area (Å²) in [5, 5.41) is 6.08. The number of rotatable bonds is 4. The molecule has 0 bridgehead atoms. The first-order chi connectivity index (χ1) is 10.9. The van der Waals surface area contributed by atoms with Gasteiger partial charge in [0.1, 0.15) is 0 Å². The van der Waals surface area contributed by atoms with Gasteiger partial charge in [0.2, 0.25) is 0 Å². The van der Waals surface area contributed by atoms with Crippen LogP contribution in [0.1, 0.15) is 23.9 Å². The molecule has 0 atom stereocenters. The molecule has 0 radical (unpaired) electrons. The number of aryl methyl sites for hydroxylation is 3. The van der Waals surface area contributed by atoms with Crippen molar-refractivity contribution in [3.63, 3.8) is 0 Å². The summed E-state index contributed by atoms with van der Waals surface area (Å²) in [4.78, 5) is 20.6. The highest BCUT2D eigenvalue weighted by atomic mass is 35.5. The van der Waals surface area contributed by atoms with E-state index in [1.165, 1.54) is 0 Å². The molecule has 2 amide bonds. The molecule has 0 fully saturated rings. The lowest BCUT2D eigenvalue weighted by atomic mass is 10.2. The number of anilines is 2. The van der Waals surface area contributed by atoms with Crippen LogP contribution in [0.5, 0.6) is 6.01 Å². The monoisotopic (exact) mass is 334 g/mol. The molecule has 0 saturated heterocycles. The molecule has 1 heterocycles. The SMILES string of the molecule is CCOc1nc(C)c(NC(=O)Nc2ccc(C)c(Cl)c2)c(C)n1. The zero-order valence-corrected chi connectivity index (χ0v) is 14.3. The van der Waals surface area contributed by atoms with Crippen LogP contribution in [0.4, 0.5) is 16.2 Å². The molecule has 2 N–H and O–H groups in total. The average Bonchev–Trinajstić information content (AvgIpc) is 2.47. The van der Waals surface area contributed by atoms with Crippen LogP contribution >= 0.6 is 11.6 Å². The highest BCUT2D eigenvalue weighted by Crippen LogP contribution is 2.22. The molecule has 0 unspecified atom stereocenters. The molecule has 0 spiro atoms. The van der Waals surface area contributed by atoms with Gasteiger partial charge in [-0.3, -0.25) is 0 Å². The maximum atomic E-state index is 12.1. The van der Waals surface area contributed by atoms with Gasteiger partial charge in [0.05, 0.1) is 23.7 Å². The number of carbonyl (C=O) groups excluding carboxylic acids is 1. The minimum Gasteiger partial charge on any atom is -0.464 e. The number of carbonyl (C=O) groups is 1. The minimum atomic E-state index is -0.385. The van der Waals surface area contributed by atoms with Gasteiger partial charge in [-0.2, -0.15) is 9.97 Å². The summed E-state index contributed by atoms with van der Waals surface area (Å²) in [7, 11) is 0. The van der Waals surface area contributed by atoms with E-state index >= 15 is 0 Å². The van der Waals surface area contributed by atoms with E-state index in [0.717, 1.165) is 5.56 Å². The molecule has 2 rings (SSSR count). The van der Waals surface area contributed by atoms with Crippen LogP contribution in [-0.4, -0.2) is 22.6 Å². The third-order valence-corrected chi connectivity index (χ3v) is 3.60. The first-order valence-corrected chi connectivity index (χ1v) is 7.60. The summed E-state index contributed by atoms with van der Waals surface area (Å²) < 4.78 is 5.28. The summed E-state index contributed by atoms with van der Waals surface area (Å²) in [6.45, 7) is 7.82. The summed E-state index contributed by atoms with van der Waals surface area (Å²) in [6, 6.07) is 5.25. The molecule has 23 heavy (non-hydrogen) atoms. The van der Waals surface area contributed by atoms with Crippen LogP contribution in [0.25, 0.3) is 0 Å². The third-order valence-electron chi connectivity index (χ3n) is 3.19. The molecule has 7 heteroatoms. The number of benzene rings is 1. The molecule has 6 nitrogen and oxygen atoms in total. The van der Waals surface area contributed by atoms with Gasteiger partial charge >= 0.3 is 12.0 Å². The van der Waals surface area contributed by atoms with E-state index in [2.05, 4.69) is 20.6 Å². The van der Waals surface area contributed by atoms with E-state index in [9.17, 15) is 4.79 Å². The summed E-state index contributed by atoms with van der Waals surface area (Å²) in [5.41, 5.74) is 3.39. The molecule has 2 aromatic rings. The number of hydrogen-bond donors (Lipinski definition) is 2. The van der Waals surface area contributed by atoms with Crippen LogP contribution in [0.2, 0.25) is 5.02 Å². The van der Waals surface area contributed by atoms with Gasteiger partial charge < -0.3 is 15.4 Å². The van der Waals surface area contributed by atoms with Crippen molar-refractivity contribution >= 4 is 29.0 Å². The van der Waals surface area contributed by atoms with Crippen molar-refractivity contribution in [3.8, 4) is 6.01 Å². The fourth-order valence-electron chi connectivity index (χ4n) is 2.01. The predicted molar refractivity (Wildman–Crippen MR) is 91.5 cm³/mol. The van der Waals surface area contributed by atoms with E-state index in [1.807, 2.05) is 19.9 Å². The highest BCUT2D eigenvalue weighted by Gasteiger charge is 2.12. The van der Waals surface area contributed by atoms with Gasteiger partial charge in [0.25, 0.3) is 0 Å². The second kappa shape index (κ2) is 7.28. The van der Waals surface area contributed by atoms with Crippen LogP contribution in [0, 0.1) is 20.8 Å². The lowest BCUT2D eigenvalue weighted by Crippen LogP contribution is -2.21. The topological polar surface area (TPSA) is 76.1 Å². The van der Waals surface area contributed by atoms with Crippen molar-refractivity contribution in [2.45, 2.75) is 27.7 Å². The molecule has 0 aliphatic heterocycles. The zero-order valence-electron chi connectivity index (χ0n) is 13.5. The van der Waals surface area contributed by atoms with Crippen molar-refractivity contribution in [3.05, 3.63) is 40.2 Å². The normalized spacial score (nSPS) is 10.3. The van der Waals surface area contributed by atoms with Crippen molar-refractivity contribution in [2.75, 3.05) is 17.2 Å². The molecular weight excluding hydrogens is 316 g/mol. The Morgan fingerprint density at radius 1 is 1.17 bits per heavy atom. The first-order valence-electron chi connectivity index (χ1n) is 7.23. The fraction of sp³-hybridized carbons (Fsp3) is 0.312. The highest BCUT2D eigenvalue weighted by molar-refractivity contribution is 6.31. The maximum Gasteiger partial charge on any atom is 0.323 e. The minimum absolute atomic E-state index is 0.304. The van der Waals surface area contributed by atoms with E-state index in [0.29, 0.717) is 40.4 Å². The molecule has 1 aromatic carbocycles. The summed E-state index contributed by atoms with van der Waals surface area (Å²) in [6.07, 6.45) is 0. The molecular formula is C16H19ClN4O2. The standard InChI is InChI=1S/C16H19ClN4O2/c1-5-23-16-18-10(3)14(11(4)19-16)21-15(22)20-12-7-6-9(2)13(17)8-12/h6-8H,5H2,1-4H3,(H2,20,21,22). The number of amides is 2. The molecule has 122 valence electrons. The second-order valence-corrected chi connectivity index (χ2v) is 5.44. The fourth-order valence-corrected chi connectivity index (χ4v) is 2.19. The average molecular weight is 335 g/mol. The van der Waals surface area contributed by atoms with Crippen molar-refractivity contribution < 1.29 is 9.53 Å². The Kier molecular flexibility index (Phi) is 5.39. The van der Waals surface area contributed by atoms with E-state index in [4.69, 9.17) is 16.3 Å². The molecule has 0 saturated carbocycles. The van der Waals surface area contributed by atoms with Crippen molar-refractivity contribution in [2.24, 2.45) is 0 Å². The van der Waals surface area contributed by atoms with Crippen LogP contribution < -0.4 is 15.4 Å². The van der Waals surface area contributed by atoms with E-state index in [1.54, 1.807) is 26.0 Å². The number of halogens is 1. The number of aromatic nitrogens is 2. The third kappa shape index (κ3) is 4.32. The Morgan fingerprint density at radius 2 is 1.83 bits per heavy atom. The quantitative estimate of drug-likeness (QED) is 0.882. The Morgan fingerprint density at radius 3 is 2.39 bits per heavy atom. The van der Waals surface area contributed by atoms with Crippen LogP contribution in [0.3, 0.4) is 0 Å². The summed E-state index contributed by atoms with van der Waals surface area (Å²) >= 11 is 6.05. The van der Waals surface area contributed by atoms with Gasteiger partial charge in [-0.25, -0.2) is 4.79 Å². The first kappa shape index (κ1) is 17.0. The Balaban J connectivity index is 2.12. The van der Waals surface area contributed by atoms with Gasteiger partial charge in [0, 0.05) is 10.7 Å². The molecule has 0 aliphatic carbocycles. The predicted octanol–water partition coefficient (Wildman–Crippen LogP) is 4.10. The molecule has 0 aliphatic rings. The lowest BCUT2D eigenvalue weighted by Gasteiger charge is -2.13. The number of nitrogens with one attached hydrogen (secondary N) is 2. The largest absolute Gasteiger partial charge is 0.464 e. The van der Waals surface area contributed by atoms with Crippen molar-refractivity contribution in [1.29, 1.82) is 0 Å². The Bertz CT molecular complexity index is 711. The van der Waals surface area contributed by atoms with Crippen molar-refractivity contribution in [1.82, 2.24) is 9.97 Å². The van der Waals surface area contributed by atoms with Gasteiger partial charge in [-0.1, -0.05) is 17.7 Å².